The van der Waals surface area contributed by atoms with Crippen LogP contribution in [0.5, 0.6) is 0 Å². The summed E-state index contributed by atoms with van der Waals surface area (Å²) in [7, 11) is -23.5. The highest BCUT2D eigenvalue weighted by Gasteiger charge is 2.35. The molecule has 5 fully saturated rings. The van der Waals surface area contributed by atoms with Crippen molar-refractivity contribution in [3.63, 3.8) is 0 Å². The van der Waals surface area contributed by atoms with Crippen LogP contribution in [0.2, 0.25) is 0 Å². The van der Waals surface area contributed by atoms with E-state index in [0.29, 0.717) is 0 Å². The first kappa shape index (κ1) is 43.3. The summed E-state index contributed by atoms with van der Waals surface area (Å²) in [6.07, 6.45) is 11.0. The highest BCUT2D eigenvalue weighted by atomic mass is 31.3. The molecule has 0 unspecified atom stereocenters. The summed E-state index contributed by atoms with van der Waals surface area (Å²) in [5.74, 6) is 0. The molecule has 5 rings (SSSR count). The first-order chi connectivity index (χ1) is 14.4. The second kappa shape index (κ2) is 17.8. The van der Waals surface area contributed by atoms with Crippen molar-refractivity contribution in [3.05, 3.63) is 0 Å². The first-order valence-corrected chi connectivity index (χ1v) is 15.7. The number of hydrogen-bond donors (Lipinski definition) is 4. The summed E-state index contributed by atoms with van der Waals surface area (Å²) in [5, 5.41) is 0. The van der Waals surface area contributed by atoms with Gasteiger partial charge in [-0.2, -0.15) is 0 Å². The Kier molecular flexibility index (Phi) is 21.4. The maximum absolute atomic E-state index is 10.6. The summed E-state index contributed by atoms with van der Waals surface area (Å²) in [6.45, 7) is 0. The Morgan fingerprint density at radius 2 is 0.500 bits per heavy atom. The minimum atomic E-state index is -5.87. The van der Waals surface area contributed by atoms with Gasteiger partial charge in [-0.15, -0.1) is 0 Å². The van der Waals surface area contributed by atoms with Crippen LogP contribution < -0.4 is 42.5 Å². The lowest BCUT2D eigenvalue weighted by atomic mass is 10.8. The number of rotatable bonds is 0. The largest absolute Gasteiger partial charge is 0.756 e. The van der Waals surface area contributed by atoms with E-state index in [4.69, 9.17) is 0 Å². The lowest BCUT2D eigenvalue weighted by Gasteiger charge is -2.41. The van der Waals surface area contributed by atoms with Crippen LogP contribution in [0.4, 0.5) is 0 Å². The van der Waals surface area contributed by atoms with Crippen molar-refractivity contribution in [3.8, 4) is 0 Å². The van der Waals surface area contributed by atoms with Crippen LogP contribution in [0.3, 0.4) is 0 Å². The molecule has 1 heterocycles. The van der Waals surface area contributed by atoms with Crippen molar-refractivity contribution in [2.75, 3.05) is 0 Å². The van der Waals surface area contributed by atoms with Crippen LogP contribution in [0.25, 0.3) is 0 Å². The van der Waals surface area contributed by atoms with Crippen LogP contribution in [-0.4, -0.2) is 46.1 Å². The molecule has 0 aromatic rings. The van der Waals surface area contributed by atoms with Gasteiger partial charge in [0.25, 0.3) is 31.3 Å². The maximum atomic E-state index is 10.6. The standard InChI is InChI=1S/4C3H7N.H4O12P4.4H2O/c4*4-3-1-2-3;1-13(2)9-14(3,4)11-16(7,8)12-15(5,6)10-13;;;;/h4*3H,1-2,4H2;(H,1,2)(H,3,4)(H,5,6)(H,7,8);4*1H2. The molecule has 4 saturated carbocycles. The molecule has 1 aliphatic heterocycles. The number of phosphoric acid groups is 4. The summed E-state index contributed by atoms with van der Waals surface area (Å²) in [6, 6.07) is 3.33. The molecule has 0 amide bonds. The molecule has 24 heteroatoms. The second-order valence-corrected chi connectivity index (χ2v) is 14.1. The number of quaternary nitrogens is 4. The zero-order chi connectivity index (χ0) is 24.8. The minimum Gasteiger partial charge on any atom is -0.756 e. The molecule has 5 aliphatic rings. The normalized spacial score (nSPS) is 36.2. The third kappa shape index (κ3) is 28.8. The fourth-order valence-corrected chi connectivity index (χ4v) is 6.49. The number of hydrogen-bond acceptors (Lipinski definition) is 12. The zero-order valence-electron chi connectivity index (χ0n) is 19.5. The van der Waals surface area contributed by atoms with Crippen LogP contribution >= 0.6 is 31.3 Å². The average molecular weight is 620 g/mol. The van der Waals surface area contributed by atoms with E-state index in [0.717, 1.165) is 24.2 Å². The van der Waals surface area contributed by atoms with Gasteiger partial charge in [0.1, 0.15) is 0 Å². The van der Waals surface area contributed by atoms with Gasteiger partial charge in [-0.25, -0.2) is 17.2 Å². The topological polar surface area (TPSA) is 434 Å². The van der Waals surface area contributed by atoms with Crippen molar-refractivity contribution in [2.24, 2.45) is 0 Å². The lowest BCUT2D eigenvalue weighted by Crippen LogP contribution is -2.52. The van der Waals surface area contributed by atoms with Gasteiger partial charge in [0, 0.05) is 51.4 Å². The van der Waals surface area contributed by atoms with Crippen molar-refractivity contribution in [2.45, 2.75) is 75.5 Å². The fraction of sp³-hybridized carbons (Fsp3) is 1.00. The Labute approximate surface area is 207 Å². The Morgan fingerprint density at radius 3 is 0.556 bits per heavy atom. The molecule has 20 N–H and O–H groups in total. The molecule has 4 aliphatic carbocycles. The van der Waals surface area contributed by atoms with E-state index in [1.54, 1.807) is 0 Å². The molecule has 0 aromatic heterocycles. The lowest BCUT2D eigenvalue weighted by molar-refractivity contribution is -0.385. The van der Waals surface area contributed by atoms with Crippen molar-refractivity contribution >= 4 is 31.3 Å². The summed E-state index contributed by atoms with van der Waals surface area (Å²) >= 11 is 0. The predicted octanol–water partition coefficient (Wildman–Crippen LogP) is -7.80. The maximum Gasteiger partial charge on any atom is 0.280 e. The fourth-order valence-electron chi connectivity index (χ4n) is 1.02. The molecule has 0 bridgehead atoms. The molecule has 0 spiro atoms. The summed E-state index contributed by atoms with van der Waals surface area (Å²) in [4.78, 5) is 42.2. The first-order valence-electron chi connectivity index (χ1n) is 9.82. The molecule has 224 valence electrons. The smallest absolute Gasteiger partial charge is 0.280 e. The average Bonchev–Trinajstić information content (AvgIpc) is 3.32. The van der Waals surface area contributed by atoms with E-state index in [-0.39, 0.29) is 21.9 Å². The third-order valence-electron chi connectivity index (χ3n) is 3.59. The van der Waals surface area contributed by atoms with E-state index >= 15 is 0 Å². The monoisotopic (exact) mass is 620 g/mol. The molecule has 36 heavy (non-hydrogen) atoms. The Morgan fingerprint density at radius 1 is 0.417 bits per heavy atom. The zero-order valence-corrected chi connectivity index (χ0v) is 23.1. The van der Waals surface area contributed by atoms with Gasteiger partial charge in [-0.1, -0.05) is 0 Å². The molecule has 1 saturated heterocycles. The molecule has 20 nitrogen and oxygen atoms in total. The van der Waals surface area contributed by atoms with E-state index in [9.17, 15) is 37.8 Å². The van der Waals surface area contributed by atoms with E-state index in [2.05, 4.69) is 40.2 Å². The van der Waals surface area contributed by atoms with Crippen molar-refractivity contribution < 1.29 is 99.9 Å². The third-order valence-corrected chi connectivity index (χ3v) is 9.99. The highest BCUT2D eigenvalue weighted by molar-refractivity contribution is 7.73. The molecule has 0 radical (unpaired) electrons. The quantitative estimate of drug-likeness (QED) is 0.183. The van der Waals surface area contributed by atoms with Crippen molar-refractivity contribution in [1.29, 1.82) is 0 Å². The van der Waals surface area contributed by atoms with Crippen molar-refractivity contribution in [1.82, 2.24) is 0 Å². The van der Waals surface area contributed by atoms with Gasteiger partial charge < -0.3 is 64.4 Å². The molecular weight excluding hydrogens is 580 g/mol. The van der Waals surface area contributed by atoms with Crippen LogP contribution in [-0.2, 0) is 35.5 Å². The molecule has 0 atom stereocenters. The predicted molar refractivity (Wildman–Crippen MR) is 113 cm³/mol. The van der Waals surface area contributed by atoms with Gasteiger partial charge in [0.2, 0.25) is 0 Å². The SMILES string of the molecule is O.O.O.O.O=P1([O-])OP(=O)([O-])OP(=O)([O-])OP(=O)([O-])O1.[NH3+]C1CC1.[NH3+]C1CC1.[NH3+]C1CC1.[NH3+]C1CC1. The molecular formula is C12H40N4O16P4. The van der Waals surface area contributed by atoms with Gasteiger partial charge in [-0.3, -0.25) is 18.3 Å². The van der Waals surface area contributed by atoms with E-state index < -0.39 is 31.3 Å². The Hall–Kier alpha value is 0.280. The van der Waals surface area contributed by atoms with Gasteiger partial charge in [0.05, 0.1) is 24.2 Å². The second-order valence-electron chi connectivity index (χ2n) is 7.89. The van der Waals surface area contributed by atoms with Gasteiger partial charge in [0.15, 0.2) is 0 Å². The van der Waals surface area contributed by atoms with Gasteiger partial charge in [-0.05, 0) is 0 Å². The van der Waals surface area contributed by atoms with E-state index in [1.165, 1.54) is 51.4 Å². The Balaban J connectivity index is -0.000000208. The summed E-state index contributed by atoms with van der Waals surface area (Å²) < 4.78 is 54.5. The van der Waals surface area contributed by atoms with E-state index in [1.807, 2.05) is 0 Å². The Bertz CT molecular complexity index is 639. The van der Waals surface area contributed by atoms with Crippen LogP contribution in [0, 0.1) is 0 Å². The minimum absolute atomic E-state index is 0. The highest BCUT2D eigenvalue weighted by Crippen LogP contribution is 2.73. The summed E-state index contributed by atoms with van der Waals surface area (Å²) in [5.41, 5.74) is 15.0. The molecule has 0 aromatic carbocycles. The van der Waals surface area contributed by atoms with Crippen LogP contribution in [0.1, 0.15) is 51.4 Å². The van der Waals surface area contributed by atoms with Gasteiger partial charge >= 0.3 is 0 Å². The van der Waals surface area contributed by atoms with Crippen LogP contribution in [0.15, 0.2) is 0 Å².